The molecule has 7 heteroatoms. The van der Waals surface area contributed by atoms with Crippen molar-refractivity contribution in [2.75, 3.05) is 13.1 Å². The molecule has 0 bridgehead atoms. The number of carbonyl (C=O) groups excluding carboxylic acids is 1. The first-order chi connectivity index (χ1) is 15.3. The Morgan fingerprint density at radius 1 is 1.28 bits per heavy atom. The highest BCUT2D eigenvalue weighted by Crippen LogP contribution is 2.30. The number of piperidine rings is 1. The monoisotopic (exact) mass is 456 g/mol. The van der Waals surface area contributed by atoms with E-state index in [1.165, 1.54) is 24.3 Å². The van der Waals surface area contributed by atoms with Crippen LogP contribution in [0, 0.1) is 5.82 Å². The third kappa shape index (κ3) is 5.30. The zero-order valence-corrected chi connectivity index (χ0v) is 18.9. The smallest absolute Gasteiger partial charge is 0.266 e. The summed E-state index contributed by atoms with van der Waals surface area (Å²) < 4.78 is 25.1. The number of nitrogens with zero attached hydrogens (tertiary/aromatic N) is 2. The van der Waals surface area contributed by atoms with Gasteiger partial charge in [-0.3, -0.25) is 4.79 Å². The summed E-state index contributed by atoms with van der Waals surface area (Å²) in [4.78, 5) is 19.5. The summed E-state index contributed by atoms with van der Waals surface area (Å²) in [5.74, 6) is 1.44. The van der Waals surface area contributed by atoms with Crippen molar-refractivity contribution in [3.8, 4) is 5.75 Å². The lowest BCUT2D eigenvalue weighted by molar-refractivity contribution is -0.146. The second kappa shape index (κ2) is 9.33. The van der Waals surface area contributed by atoms with Gasteiger partial charge in [0.05, 0.1) is 12.1 Å². The second-order valence-corrected chi connectivity index (χ2v) is 9.06. The number of hydrogen-bond donors (Lipinski definition) is 0. The van der Waals surface area contributed by atoms with Crippen molar-refractivity contribution in [1.82, 2.24) is 9.88 Å². The molecule has 0 unspecified atom stereocenters. The molecule has 0 saturated carbocycles. The Morgan fingerprint density at radius 3 is 2.81 bits per heavy atom. The number of rotatable bonds is 6. The minimum Gasteiger partial charge on any atom is -0.478 e. The molecule has 4 rings (SSSR count). The molecule has 0 N–H and O–H groups in total. The number of hydrogen-bond acceptors (Lipinski definition) is 4. The lowest BCUT2D eigenvalue weighted by Crippen LogP contribution is -2.51. The van der Waals surface area contributed by atoms with Crippen molar-refractivity contribution in [2.45, 2.75) is 44.6 Å². The van der Waals surface area contributed by atoms with Gasteiger partial charge in [-0.25, -0.2) is 9.37 Å². The number of carbonyl (C=O) groups is 1. The summed E-state index contributed by atoms with van der Waals surface area (Å²) >= 11 is 6.07. The van der Waals surface area contributed by atoms with Crippen LogP contribution in [-0.4, -0.2) is 34.5 Å². The second-order valence-electron chi connectivity index (χ2n) is 8.63. The van der Waals surface area contributed by atoms with Gasteiger partial charge in [0.25, 0.3) is 5.91 Å². The lowest BCUT2D eigenvalue weighted by atomic mass is 9.96. The third-order valence-corrected chi connectivity index (χ3v) is 5.83. The molecule has 3 aromatic rings. The van der Waals surface area contributed by atoms with Crippen molar-refractivity contribution < 1.29 is 18.3 Å². The summed E-state index contributed by atoms with van der Waals surface area (Å²) in [6, 6.07) is 13.3. The summed E-state index contributed by atoms with van der Waals surface area (Å²) in [7, 11) is 0. The largest absolute Gasteiger partial charge is 0.478 e. The first kappa shape index (κ1) is 22.3. The van der Waals surface area contributed by atoms with Crippen LogP contribution in [0.15, 0.2) is 59.1 Å². The predicted octanol–water partition coefficient (Wildman–Crippen LogP) is 5.62. The van der Waals surface area contributed by atoms with Crippen molar-refractivity contribution >= 4 is 17.5 Å². The molecule has 5 nitrogen and oxygen atoms in total. The molecule has 1 aliphatic heterocycles. The zero-order chi connectivity index (χ0) is 22.7. The van der Waals surface area contributed by atoms with Gasteiger partial charge in [-0.1, -0.05) is 23.7 Å². The van der Waals surface area contributed by atoms with Gasteiger partial charge >= 0.3 is 0 Å². The highest BCUT2D eigenvalue weighted by atomic mass is 35.5. The third-order valence-electron chi connectivity index (χ3n) is 5.60. The van der Waals surface area contributed by atoms with Gasteiger partial charge < -0.3 is 14.1 Å². The van der Waals surface area contributed by atoms with E-state index in [4.69, 9.17) is 20.8 Å². The van der Waals surface area contributed by atoms with Crippen molar-refractivity contribution in [1.29, 1.82) is 0 Å². The van der Waals surface area contributed by atoms with E-state index in [2.05, 4.69) is 4.98 Å². The van der Waals surface area contributed by atoms with Crippen LogP contribution in [0.1, 0.15) is 49.8 Å². The molecular formula is C25H26ClFN2O3. The van der Waals surface area contributed by atoms with Gasteiger partial charge in [0.15, 0.2) is 11.5 Å². The fourth-order valence-corrected chi connectivity index (χ4v) is 4.24. The molecule has 2 aromatic carbocycles. The van der Waals surface area contributed by atoms with Crippen molar-refractivity contribution in [2.24, 2.45) is 0 Å². The van der Waals surface area contributed by atoms with Gasteiger partial charge in [-0.15, -0.1) is 0 Å². The molecule has 1 fully saturated rings. The molecule has 168 valence electrons. The maximum atomic E-state index is 13.2. The molecule has 0 aliphatic carbocycles. The summed E-state index contributed by atoms with van der Waals surface area (Å²) in [5, 5.41) is 0.689. The van der Waals surface area contributed by atoms with Crippen LogP contribution in [0.25, 0.3) is 0 Å². The Kier molecular flexibility index (Phi) is 6.51. The van der Waals surface area contributed by atoms with E-state index in [1.54, 1.807) is 24.9 Å². The SMILES string of the molecule is CC(C)(Oc1ccc(F)cc1)C(=O)N1CCC[C@@H](c2ncc(Cc3cccc(Cl)c3)o2)C1. The van der Waals surface area contributed by atoms with Crippen LogP contribution in [0.5, 0.6) is 5.75 Å². The van der Waals surface area contributed by atoms with Gasteiger partial charge in [0.2, 0.25) is 0 Å². The fraction of sp³-hybridized carbons (Fsp3) is 0.360. The first-order valence-electron chi connectivity index (χ1n) is 10.7. The molecule has 1 saturated heterocycles. The average molecular weight is 457 g/mol. The van der Waals surface area contributed by atoms with Crippen molar-refractivity contribution in [3.05, 3.63) is 82.8 Å². The molecule has 1 aromatic heterocycles. The minimum atomic E-state index is -1.08. The van der Waals surface area contributed by atoms with E-state index in [0.717, 1.165) is 24.2 Å². The van der Waals surface area contributed by atoms with Crippen LogP contribution in [0.2, 0.25) is 5.02 Å². The molecule has 1 atom stereocenters. The number of halogens is 2. The number of benzene rings is 2. The Balaban J connectivity index is 1.41. The van der Waals surface area contributed by atoms with E-state index in [0.29, 0.717) is 36.2 Å². The maximum Gasteiger partial charge on any atom is 0.266 e. The van der Waals surface area contributed by atoms with Gasteiger partial charge in [0.1, 0.15) is 17.3 Å². The van der Waals surface area contributed by atoms with Crippen LogP contribution < -0.4 is 4.74 Å². The molecule has 32 heavy (non-hydrogen) atoms. The molecule has 1 aliphatic rings. The number of aromatic nitrogens is 1. The summed E-state index contributed by atoms with van der Waals surface area (Å²) in [6.45, 7) is 4.64. The fourth-order valence-electron chi connectivity index (χ4n) is 4.03. The predicted molar refractivity (Wildman–Crippen MR) is 120 cm³/mol. The molecule has 1 amide bonds. The molecular weight excluding hydrogens is 431 g/mol. The molecule has 2 heterocycles. The topological polar surface area (TPSA) is 55.6 Å². The molecule has 0 radical (unpaired) electrons. The number of likely N-dealkylation sites (tertiary alicyclic amines) is 1. The van der Waals surface area contributed by atoms with Crippen LogP contribution >= 0.6 is 11.6 Å². The van der Waals surface area contributed by atoms with Gasteiger partial charge in [-0.2, -0.15) is 0 Å². The van der Waals surface area contributed by atoms with Crippen LogP contribution in [0.3, 0.4) is 0 Å². The van der Waals surface area contributed by atoms with Gasteiger partial charge in [-0.05, 0) is 68.7 Å². The zero-order valence-electron chi connectivity index (χ0n) is 18.2. The van der Waals surface area contributed by atoms with E-state index < -0.39 is 5.60 Å². The van der Waals surface area contributed by atoms with E-state index >= 15 is 0 Å². The van der Waals surface area contributed by atoms with E-state index in [1.807, 2.05) is 24.3 Å². The molecule has 0 spiro atoms. The summed E-state index contributed by atoms with van der Waals surface area (Å²) in [5.41, 5.74) is -0.0195. The highest BCUT2D eigenvalue weighted by molar-refractivity contribution is 6.30. The first-order valence-corrected chi connectivity index (χ1v) is 11.1. The highest BCUT2D eigenvalue weighted by Gasteiger charge is 2.37. The van der Waals surface area contributed by atoms with Crippen molar-refractivity contribution in [3.63, 3.8) is 0 Å². The average Bonchev–Trinajstić information content (AvgIpc) is 3.23. The number of oxazole rings is 1. The quantitative estimate of drug-likeness (QED) is 0.483. The van der Waals surface area contributed by atoms with E-state index in [-0.39, 0.29) is 17.6 Å². The Bertz CT molecular complexity index is 1080. The van der Waals surface area contributed by atoms with Crippen LogP contribution in [-0.2, 0) is 11.2 Å². The lowest BCUT2D eigenvalue weighted by Gasteiger charge is -2.36. The Hall–Kier alpha value is -2.86. The normalized spacial score (nSPS) is 16.8. The van der Waals surface area contributed by atoms with Crippen LogP contribution in [0.4, 0.5) is 4.39 Å². The Morgan fingerprint density at radius 2 is 2.06 bits per heavy atom. The number of amides is 1. The summed E-state index contributed by atoms with van der Waals surface area (Å²) in [6.07, 6.45) is 4.12. The van der Waals surface area contributed by atoms with Gasteiger partial charge in [0, 0.05) is 24.5 Å². The maximum absolute atomic E-state index is 13.2. The minimum absolute atomic E-state index is 0.0300. The Labute approximate surface area is 192 Å². The standard InChI is InChI=1S/C25H26ClFN2O3/c1-25(2,32-21-10-8-20(27)9-11-21)24(30)29-12-4-6-18(16-29)23-28-15-22(31-23)14-17-5-3-7-19(26)13-17/h3,5,7-11,13,15,18H,4,6,12,14,16H2,1-2H3/t18-/m1/s1. The number of ether oxygens (including phenoxy) is 1. The van der Waals surface area contributed by atoms with E-state index in [9.17, 15) is 9.18 Å².